The van der Waals surface area contributed by atoms with Gasteiger partial charge in [-0.25, -0.2) is 0 Å². The lowest BCUT2D eigenvalue weighted by atomic mass is 10.1. The van der Waals surface area contributed by atoms with Gasteiger partial charge in [0, 0.05) is 50.3 Å². The van der Waals surface area contributed by atoms with Crippen LogP contribution in [0.4, 0.5) is 5.69 Å². The summed E-state index contributed by atoms with van der Waals surface area (Å²) in [5.74, 6) is 0.316. The van der Waals surface area contributed by atoms with E-state index in [1.165, 1.54) is 12.1 Å². The molecule has 0 spiro atoms. The van der Waals surface area contributed by atoms with Crippen molar-refractivity contribution >= 4 is 17.7 Å². The maximum absolute atomic E-state index is 12.3. The summed E-state index contributed by atoms with van der Waals surface area (Å²) < 4.78 is 0. The van der Waals surface area contributed by atoms with Crippen LogP contribution in [0.1, 0.15) is 38.2 Å². The molecule has 2 unspecified atom stereocenters. The minimum atomic E-state index is -0.386. The molecule has 6 heteroatoms. The van der Waals surface area contributed by atoms with Crippen molar-refractivity contribution in [1.82, 2.24) is 9.80 Å². The Kier molecular flexibility index (Phi) is 5.48. The number of hydrogen-bond donors (Lipinski definition) is 0. The quantitative estimate of drug-likeness (QED) is 0.588. The van der Waals surface area contributed by atoms with Gasteiger partial charge in [0.05, 0.1) is 4.92 Å². The molecule has 25 heavy (non-hydrogen) atoms. The van der Waals surface area contributed by atoms with Crippen LogP contribution in [-0.4, -0.2) is 52.3 Å². The van der Waals surface area contributed by atoms with Gasteiger partial charge in [-0.3, -0.25) is 19.8 Å². The van der Waals surface area contributed by atoms with Gasteiger partial charge in [0.15, 0.2) is 0 Å². The summed E-state index contributed by atoms with van der Waals surface area (Å²) in [7, 11) is 0. The number of likely N-dealkylation sites (tertiary alicyclic amines) is 1. The van der Waals surface area contributed by atoms with E-state index < -0.39 is 0 Å². The van der Waals surface area contributed by atoms with Gasteiger partial charge in [0.1, 0.15) is 0 Å². The zero-order valence-corrected chi connectivity index (χ0v) is 14.6. The first-order chi connectivity index (χ1) is 12.1. The highest BCUT2D eigenvalue weighted by atomic mass is 16.6. The third-order valence-corrected chi connectivity index (χ3v) is 5.09. The van der Waals surface area contributed by atoms with E-state index in [0.29, 0.717) is 24.4 Å². The van der Waals surface area contributed by atoms with E-state index in [1.807, 2.05) is 6.08 Å². The Balaban J connectivity index is 1.53. The molecule has 2 fully saturated rings. The number of carbonyl (C=O) groups excluding carboxylic acids is 1. The van der Waals surface area contributed by atoms with Crippen molar-refractivity contribution < 1.29 is 9.72 Å². The summed E-state index contributed by atoms with van der Waals surface area (Å²) in [6.07, 6.45) is 7.90. The lowest BCUT2D eigenvalue weighted by molar-refractivity contribution is -0.384. The molecule has 0 aliphatic carbocycles. The molecule has 134 valence electrons. The van der Waals surface area contributed by atoms with Gasteiger partial charge in [0.2, 0.25) is 5.91 Å². The van der Waals surface area contributed by atoms with Crippen molar-refractivity contribution in [2.75, 3.05) is 19.6 Å². The van der Waals surface area contributed by atoms with Gasteiger partial charge in [-0.2, -0.15) is 0 Å². The molecule has 0 aromatic heterocycles. The number of amides is 1. The summed E-state index contributed by atoms with van der Waals surface area (Å²) in [6.45, 7) is 4.78. The molecule has 3 rings (SSSR count). The normalized spacial score (nSPS) is 23.3. The number of nitro groups is 1. The average molecular weight is 343 g/mol. The third kappa shape index (κ3) is 4.07. The first kappa shape index (κ1) is 17.6. The molecule has 0 radical (unpaired) electrons. The fraction of sp³-hybridized carbons (Fsp3) is 0.526. The number of nitrogens with zero attached hydrogens (tertiary/aromatic N) is 3. The summed E-state index contributed by atoms with van der Waals surface area (Å²) in [5.41, 5.74) is 1.08. The van der Waals surface area contributed by atoms with Crippen LogP contribution < -0.4 is 0 Å². The molecule has 1 amide bonds. The second-order valence-electron chi connectivity index (χ2n) is 6.91. The van der Waals surface area contributed by atoms with Gasteiger partial charge < -0.3 is 4.90 Å². The summed E-state index contributed by atoms with van der Waals surface area (Å²) in [6, 6.07) is 7.31. The molecule has 0 N–H and O–H groups in total. The third-order valence-electron chi connectivity index (χ3n) is 5.09. The van der Waals surface area contributed by atoms with Crippen LogP contribution in [0, 0.1) is 10.1 Å². The number of rotatable bonds is 6. The van der Waals surface area contributed by atoms with E-state index in [-0.39, 0.29) is 10.6 Å². The highest BCUT2D eigenvalue weighted by Gasteiger charge is 2.41. The Hall–Kier alpha value is -2.21. The average Bonchev–Trinajstić information content (AvgIpc) is 2.86. The first-order valence-corrected chi connectivity index (χ1v) is 9.03. The number of benzene rings is 1. The van der Waals surface area contributed by atoms with Gasteiger partial charge in [-0.05, 0) is 37.0 Å². The smallest absolute Gasteiger partial charge is 0.269 e. The highest BCUT2D eigenvalue weighted by molar-refractivity contribution is 5.77. The highest BCUT2D eigenvalue weighted by Crippen LogP contribution is 2.30. The van der Waals surface area contributed by atoms with Gasteiger partial charge in [0.25, 0.3) is 5.69 Å². The number of carbonyl (C=O) groups is 1. The molecule has 1 aromatic carbocycles. The Labute approximate surface area is 148 Å². The summed E-state index contributed by atoms with van der Waals surface area (Å²) in [5, 5.41) is 10.7. The SMILES string of the molecule is CCCC(=O)N1C2CCC1CN(C/C=C/c1ccc([N+](=O)[O-])cc1)C2. The molecule has 6 nitrogen and oxygen atoms in total. The van der Waals surface area contributed by atoms with Crippen molar-refractivity contribution in [3.63, 3.8) is 0 Å². The molecule has 2 aliphatic rings. The summed E-state index contributed by atoms with van der Waals surface area (Å²) >= 11 is 0. The second-order valence-corrected chi connectivity index (χ2v) is 6.91. The Bertz CT molecular complexity index is 642. The fourth-order valence-corrected chi connectivity index (χ4v) is 3.93. The van der Waals surface area contributed by atoms with E-state index in [1.54, 1.807) is 12.1 Å². The van der Waals surface area contributed by atoms with Crippen LogP contribution in [0.3, 0.4) is 0 Å². The standard InChI is InChI=1S/C19H25N3O3/c1-2-4-19(23)21-17-10-11-18(21)14-20(13-17)12-3-5-15-6-8-16(9-7-15)22(24)25/h3,5-9,17-18H,2,4,10-14H2,1H3/b5-3+. The predicted octanol–water partition coefficient (Wildman–Crippen LogP) is 3.08. The maximum Gasteiger partial charge on any atom is 0.269 e. The van der Waals surface area contributed by atoms with Crippen LogP contribution in [0.2, 0.25) is 0 Å². The largest absolute Gasteiger partial charge is 0.334 e. The molecule has 0 saturated carbocycles. The van der Waals surface area contributed by atoms with Crippen molar-refractivity contribution in [3.05, 3.63) is 46.0 Å². The number of hydrogen-bond acceptors (Lipinski definition) is 4. The van der Waals surface area contributed by atoms with Crippen LogP contribution in [-0.2, 0) is 4.79 Å². The van der Waals surface area contributed by atoms with Crippen molar-refractivity contribution in [2.24, 2.45) is 0 Å². The van der Waals surface area contributed by atoms with Gasteiger partial charge in [-0.15, -0.1) is 0 Å². The van der Waals surface area contributed by atoms with E-state index in [0.717, 1.165) is 44.5 Å². The molecular formula is C19H25N3O3. The second kappa shape index (κ2) is 7.78. The number of fused-ring (bicyclic) bond motifs is 2. The van der Waals surface area contributed by atoms with E-state index >= 15 is 0 Å². The van der Waals surface area contributed by atoms with Crippen molar-refractivity contribution in [2.45, 2.75) is 44.7 Å². The molecule has 2 bridgehead atoms. The van der Waals surface area contributed by atoms with Crippen LogP contribution >= 0.6 is 0 Å². The zero-order chi connectivity index (χ0) is 17.8. The van der Waals surface area contributed by atoms with Crippen LogP contribution in [0.15, 0.2) is 30.3 Å². The molecule has 2 heterocycles. The number of non-ortho nitro benzene ring substituents is 1. The number of nitro benzene ring substituents is 1. The van der Waals surface area contributed by atoms with E-state index in [4.69, 9.17) is 0 Å². The topological polar surface area (TPSA) is 66.7 Å². The lowest BCUT2D eigenvalue weighted by Gasteiger charge is -2.40. The minimum absolute atomic E-state index is 0.113. The zero-order valence-electron chi connectivity index (χ0n) is 14.6. The minimum Gasteiger partial charge on any atom is -0.334 e. The monoisotopic (exact) mass is 343 g/mol. The number of piperazine rings is 1. The van der Waals surface area contributed by atoms with Gasteiger partial charge >= 0.3 is 0 Å². The Morgan fingerprint density at radius 3 is 2.44 bits per heavy atom. The van der Waals surface area contributed by atoms with E-state index in [2.05, 4.69) is 22.8 Å². The molecule has 2 saturated heterocycles. The predicted molar refractivity (Wildman–Crippen MR) is 97.1 cm³/mol. The maximum atomic E-state index is 12.3. The van der Waals surface area contributed by atoms with E-state index in [9.17, 15) is 14.9 Å². The lowest BCUT2D eigenvalue weighted by Crippen LogP contribution is -2.55. The van der Waals surface area contributed by atoms with Crippen molar-refractivity contribution in [1.29, 1.82) is 0 Å². The van der Waals surface area contributed by atoms with Crippen molar-refractivity contribution in [3.8, 4) is 0 Å². The molecule has 2 atom stereocenters. The Morgan fingerprint density at radius 1 is 1.24 bits per heavy atom. The Morgan fingerprint density at radius 2 is 1.88 bits per heavy atom. The fourth-order valence-electron chi connectivity index (χ4n) is 3.93. The molecule has 2 aliphatic heterocycles. The first-order valence-electron chi connectivity index (χ1n) is 9.03. The molecule has 1 aromatic rings. The van der Waals surface area contributed by atoms with Gasteiger partial charge in [-0.1, -0.05) is 19.1 Å². The van der Waals surface area contributed by atoms with Crippen LogP contribution in [0.25, 0.3) is 6.08 Å². The molecular weight excluding hydrogens is 318 g/mol. The van der Waals surface area contributed by atoms with Crippen LogP contribution in [0.5, 0.6) is 0 Å². The summed E-state index contributed by atoms with van der Waals surface area (Å²) in [4.78, 5) is 27.1.